The summed E-state index contributed by atoms with van der Waals surface area (Å²) in [5.41, 5.74) is 1.98. The molecule has 0 spiro atoms. The second kappa shape index (κ2) is 8.89. The van der Waals surface area contributed by atoms with Crippen LogP contribution in [-0.2, 0) is 9.59 Å². The Morgan fingerprint density at radius 3 is 2.69 bits per heavy atom. The van der Waals surface area contributed by atoms with Crippen LogP contribution in [0.4, 0.5) is 11.4 Å². The van der Waals surface area contributed by atoms with E-state index < -0.39 is 6.10 Å². The molecule has 1 heterocycles. The van der Waals surface area contributed by atoms with E-state index in [-0.39, 0.29) is 11.8 Å². The summed E-state index contributed by atoms with van der Waals surface area (Å²) in [7, 11) is 0. The number of halogens is 2. The molecule has 0 radical (unpaired) electrons. The Bertz CT molecular complexity index is 973. The normalized spacial score (nSPS) is 16.1. The lowest BCUT2D eigenvalue weighted by atomic mass is 10.1. The molecule has 29 heavy (non-hydrogen) atoms. The van der Waals surface area contributed by atoms with Crippen LogP contribution in [0, 0.1) is 5.92 Å². The van der Waals surface area contributed by atoms with Gasteiger partial charge in [-0.3, -0.25) is 9.59 Å². The van der Waals surface area contributed by atoms with Crippen LogP contribution in [0.15, 0.2) is 42.5 Å². The van der Waals surface area contributed by atoms with E-state index in [0.717, 1.165) is 0 Å². The van der Waals surface area contributed by atoms with E-state index in [0.29, 0.717) is 45.2 Å². The second-order valence-corrected chi connectivity index (χ2v) is 8.12. The minimum Gasteiger partial charge on any atom is -0.479 e. The summed E-state index contributed by atoms with van der Waals surface area (Å²) in [5, 5.41) is 3.79. The summed E-state index contributed by atoms with van der Waals surface area (Å²) in [6.45, 7) is 6.44. The Morgan fingerprint density at radius 2 is 2.00 bits per heavy atom. The summed E-state index contributed by atoms with van der Waals surface area (Å²) in [5.74, 6) is 0.516. The van der Waals surface area contributed by atoms with Crippen LogP contribution in [0.5, 0.6) is 5.75 Å². The predicted molar refractivity (Wildman–Crippen MR) is 118 cm³/mol. The highest BCUT2D eigenvalue weighted by Crippen LogP contribution is 2.36. The van der Waals surface area contributed by atoms with Crippen molar-refractivity contribution in [3.63, 3.8) is 0 Å². The summed E-state index contributed by atoms with van der Waals surface area (Å²) in [4.78, 5) is 26.5. The molecular formula is C22H22Cl2N2O3. The van der Waals surface area contributed by atoms with Gasteiger partial charge in [0.15, 0.2) is 6.10 Å². The molecule has 2 aromatic carbocycles. The van der Waals surface area contributed by atoms with E-state index in [1.807, 2.05) is 0 Å². The number of nitrogens with one attached hydrogen (secondary N) is 1. The third kappa shape index (κ3) is 5.11. The Kier molecular flexibility index (Phi) is 6.50. The molecule has 1 unspecified atom stereocenters. The molecule has 1 atom stereocenters. The lowest BCUT2D eigenvalue weighted by Crippen LogP contribution is -2.46. The number of hydrogen-bond donors (Lipinski definition) is 1. The van der Waals surface area contributed by atoms with Gasteiger partial charge in [0.05, 0.1) is 5.69 Å². The molecule has 0 aromatic heterocycles. The molecule has 0 bridgehead atoms. The van der Waals surface area contributed by atoms with Crippen LogP contribution in [0.25, 0.3) is 6.08 Å². The highest BCUT2D eigenvalue weighted by atomic mass is 35.5. The second-order valence-electron chi connectivity index (χ2n) is 7.27. The maximum absolute atomic E-state index is 12.5. The van der Waals surface area contributed by atoms with E-state index in [2.05, 4.69) is 19.2 Å². The maximum Gasteiger partial charge on any atom is 0.267 e. The number of hydrogen-bond acceptors (Lipinski definition) is 3. The third-order valence-corrected chi connectivity index (χ3v) is 4.92. The monoisotopic (exact) mass is 432 g/mol. The standard InChI is InChI=1S/C22H22Cl2N2O3/c1-13(2)12-26-19-8-7-17(11-20(19)29-14(3)22(26)28)25-21(27)9-5-15-4-6-16(23)10-18(15)24/h4-11,13-14H,12H2,1-3H3,(H,25,27)/b9-5+. The fourth-order valence-electron chi connectivity index (χ4n) is 3.03. The van der Waals surface area contributed by atoms with E-state index in [1.165, 1.54) is 6.08 Å². The topological polar surface area (TPSA) is 58.6 Å². The average Bonchev–Trinajstić information content (AvgIpc) is 2.64. The van der Waals surface area contributed by atoms with Crippen molar-refractivity contribution >= 4 is 52.5 Å². The molecule has 1 aliphatic heterocycles. The summed E-state index contributed by atoms with van der Waals surface area (Å²) in [6.07, 6.45) is 2.44. The number of amides is 2. The number of anilines is 2. The Labute approximate surface area is 180 Å². The van der Waals surface area contributed by atoms with Crippen molar-refractivity contribution in [2.75, 3.05) is 16.8 Å². The van der Waals surface area contributed by atoms with Gasteiger partial charge in [-0.25, -0.2) is 0 Å². The average molecular weight is 433 g/mol. The van der Waals surface area contributed by atoms with Crippen LogP contribution in [-0.4, -0.2) is 24.5 Å². The molecule has 3 rings (SSSR count). The van der Waals surface area contributed by atoms with Gasteiger partial charge in [0.25, 0.3) is 5.91 Å². The molecule has 0 aliphatic carbocycles. The Balaban J connectivity index is 1.75. The molecule has 5 nitrogen and oxygen atoms in total. The summed E-state index contributed by atoms with van der Waals surface area (Å²) < 4.78 is 5.74. The van der Waals surface area contributed by atoms with Crippen molar-refractivity contribution in [1.82, 2.24) is 0 Å². The molecular weight excluding hydrogens is 411 g/mol. The molecule has 7 heteroatoms. The quantitative estimate of drug-likeness (QED) is 0.641. The van der Waals surface area contributed by atoms with Gasteiger partial charge >= 0.3 is 0 Å². The fraction of sp³-hybridized carbons (Fsp3) is 0.273. The SMILES string of the molecule is CC(C)CN1C(=O)C(C)Oc2cc(NC(=O)/C=C/c3ccc(Cl)cc3Cl)ccc21. The minimum atomic E-state index is -0.570. The van der Waals surface area contributed by atoms with Crippen molar-refractivity contribution in [1.29, 1.82) is 0 Å². The molecule has 0 saturated carbocycles. The zero-order chi connectivity index (χ0) is 21.1. The van der Waals surface area contributed by atoms with E-state index in [4.69, 9.17) is 27.9 Å². The van der Waals surface area contributed by atoms with E-state index in [9.17, 15) is 9.59 Å². The molecule has 152 valence electrons. The zero-order valence-corrected chi connectivity index (χ0v) is 17.9. The van der Waals surface area contributed by atoms with Crippen LogP contribution < -0.4 is 15.0 Å². The number of benzene rings is 2. The highest BCUT2D eigenvalue weighted by molar-refractivity contribution is 6.35. The molecule has 1 aliphatic rings. The minimum absolute atomic E-state index is 0.0641. The van der Waals surface area contributed by atoms with Gasteiger partial charge < -0.3 is 15.0 Å². The van der Waals surface area contributed by atoms with E-state index in [1.54, 1.807) is 54.3 Å². The van der Waals surface area contributed by atoms with Gasteiger partial charge in [-0.05, 0) is 48.7 Å². The molecule has 2 amide bonds. The van der Waals surface area contributed by atoms with Crippen LogP contribution in [0.1, 0.15) is 26.3 Å². The maximum atomic E-state index is 12.5. The summed E-state index contributed by atoms with van der Waals surface area (Å²) in [6, 6.07) is 10.3. The van der Waals surface area contributed by atoms with Crippen molar-refractivity contribution < 1.29 is 14.3 Å². The number of ether oxygens (including phenoxy) is 1. The lowest BCUT2D eigenvalue weighted by molar-refractivity contribution is -0.125. The van der Waals surface area contributed by atoms with Crippen LogP contribution in [0.2, 0.25) is 10.0 Å². The first kappa shape index (κ1) is 21.2. The first-order valence-electron chi connectivity index (χ1n) is 9.31. The molecule has 0 saturated heterocycles. The highest BCUT2D eigenvalue weighted by Gasteiger charge is 2.31. The van der Waals surface area contributed by atoms with Crippen molar-refractivity contribution in [3.05, 3.63) is 58.1 Å². The fourth-order valence-corrected chi connectivity index (χ4v) is 3.50. The largest absolute Gasteiger partial charge is 0.479 e. The summed E-state index contributed by atoms with van der Waals surface area (Å²) >= 11 is 12.0. The number of carbonyl (C=O) groups is 2. The van der Waals surface area contributed by atoms with Crippen molar-refractivity contribution in [3.8, 4) is 5.75 Å². The Morgan fingerprint density at radius 1 is 1.24 bits per heavy atom. The first-order chi connectivity index (χ1) is 13.7. The number of carbonyl (C=O) groups excluding carboxylic acids is 2. The number of nitrogens with zero attached hydrogens (tertiary/aromatic N) is 1. The van der Waals surface area contributed by atoms with Crippen LogP contribution >= 0.6 is 23.2 Å². The number of fused-ring (bicyclic) bond motifs is 1. The van der Waals surface area contributed by atoms with Crippen molar-refractivity contribution in [2.24, 2.45) is 5.92 Å². The molecule has 1 N–H and O–H groups in total. The van der Waals surface area contributed by atoms with Gasteiger partial charge in [0.1, 0.15) is 5.75 Å². The molecule has 2 aromatic rings. The van der Waals surface area contributed by atoms with Gasteiger partial charge in [0.2, 0.25) is 5.91 Å². The molecule has 0 fully saturated rings. The van der Waals surface area contributed by atoms with Gasteiger partial charge in [-0.1, -0.05) is 43.1 Å². The lowest BCUT2D eigenvalue weighted by Gasteiger charge is -2.34. The number of rotatable bonds is 5. The third-order valence-electron chi connectivity index (χ3n) is 4.36. The van der Waals surface area contributed by atoms with Crippen LogP contribution in [0.3, 0.4) is 0 Å². The van der Waals surface area contributed by atoms with E-state index >= 15 is 0 Å². The zero-order valence-electron chi connectivity index (χ0n) is 16.4. The van der Waals surface area contributed by atoms with Crippen molar-refractivity contribution in [2.45, 2.75) is 26.9 Å². The first-order valence-corrected chi connectivity index (χ1v) is 10.1. The smallest absolute Gasteiger partial charge is 0.267 e. The Hall–Kier alpha value is -2.50. The van der Waals surface area contributed by atoms with Gasteiger partial charge in [0, 0.05) is 34.4 Å². The van der Waals surface area contributed by atoms with Gasteiger partial charge in [-0.15, -0.1) is 0 Å². The predicted octanol–water partition coefficient (Wildman–Crippen LogP) is 5.42. The van der Waals surface area contributed by atoms with Gasteiger partial charge in [-0.2, -0.15) is 0 Å².